The average molecular weight is 321 g/mol. The molecule has 4 rings (SSSR count). The number of alkyl halides is 1. The molecule has 2 fully saturated rings. The first-order chi connectivity index (χ1) is 10.7. The zero-order valence-electron chi connectivity index (χ0n) is 14.0. The zero-order valence-corrected chi connectivity index (χ0v) is 14.0. The van der Waals surface area contributed by atoms with E-state index in [1.165, 1.54) is 5.57 Å². The Morgan fingerprint density at radius 2 is 2.00 bits per heavy atom. The van der Waals surface area contributed by atoms with Gasteiger partial charge in [-0.15, -0.1) is 0 Å². The molecule has 8 atom stereocenters. The Morgan fingerprint density at radius 3 is 2.74 bits per heavy atom. The van der Waals surface area contributed by atoms with Gasteiger partial charge in [0.05, 0.1) is 12.2 Å². The van der Waals surface area contributed by atoms with E-state index in [1.807, 2.05) is 13.0 Å². The molecule has 0 aromatic heterocycles. The molecule has 0 aromatic carbocycles. The fraction of sp³-hybridized carbons (Fsp3) is 0.789. The van der Waals surface area contributed by atoms with Crippen LogP contribution in [0.4, 0.5) is 4.39 Å². The van der Waals surface area contributed by atoms with E-state index >= 15 is 0 Å². The highest BCUT2D eigenvalue weighted by Gasteiger charge is 2.63. The summed E-state index contributed by atoms with van der Waals surface area (Å²) in [5.74, 6) is -1.30. The minimum atomic E-state index is -1.64. The third-order valence-corrected chi connectivity index (χ3v) is 7.73. The van der Waals surface area contributed by atoms with Gasteiger partial charge in [-0.2, -0.15) is 0 Å². The highest BCUT2D eigenvalue weighted by Crippen LogP contribution is 2.65. The van der Waals surface area contributed by atoms with E-state index in [0.29, 0.717) is 25.7 Å². The van der Waals surface area contributed by atoms with Crippen LogP contribution in [0.1, 0.15) is 46.0 Å². The summed E-state index contributed by atoms with van der Waals surface area (Å²) in [5.41, 5.74) is 6.54. The normalized spacial score (nSPS) is 58.2. The molecule has 4 N–H and O–H groups in total. The molecule has 3 nitrogen and oxygen atoms in total. The van der Waals surface area contributed by atoms with Crippen molar-refractivity contribution < 1.29 is 14.6 Å². The van der Waals surface area contributed by atoms with Crippen LogP contribution in [0.5, 0.6) is 0 Å². The minimum absolute atomic E-state index is 0.00364. The molecule has 0 heterocycles. The summed E-state index contributed by atoms with van der Waals surface area (Å²) in [7, 11) is 0. The molecule has 2 saturated carbocycles. The topological polar surface area (TPSA) is 66.5 Å². The molecule has 0 bridgehead atoms. The summed E-state index contributed by atoms with van der Waals surface area (Å²) in [4.78, 5) is 0. The molecule has 0 aromatic rings. The third kappa shape index (κ3) is 1.92. The van der Waals surface area contributed by atoms with Crippen LogP contribution in [0.25, 0.3) is 0 Å². The summed E-state index contributed by atoms with van der Waals surface area (Å²) in [6, 6.07) is 0. The number of halogens is 1. The monoisotopic (exact) mass is 321 g/mol. The SMILES string of the molecule is C[C@]12CC=C3[C@@H](C(O)CC4CC(O)C=C[C@]34C)[C@@H]1CCC2(N)F. The van der Waals surface area contributed by atoms with Crippen molar-refractivity contribution in [3.63, 3.8) is 0 Å². The maximum atomic E-state index is 14.9. The van der Waals surface area contributed by atoms with Crippen LogP contribution in [-0.4, -0.2) is 28.2 Å². The molecule has 4 aliphatic carbocycles. The van der Waals surface area contributed by atoms with Gasteiger partial charge in [0.15, 0.2) is 5.79 Å². The van der Waals surface area contributed by atoms with Gasteiger partial charge >= 0.3 is 0 Å². The first kappa shape index (κ1) is 15.8. The lowest BCUT2D eigenvalue weighted by atomic mass is 9.49. The summed E-state index contributed by atoms with van der Waals surface area (Å²) in [6.45, 7) is 4.17. The fourth-order valence-corrected chi connectivity index (χ4v) is 6.08. The third-order valence-electron chi connectivity index (χ3n) is 7.73. The number of hydrogen-bond acceptors (Lipinski definition) is 3. The van der Waals surface area contributed by atoms with Gasteiger partial charge in [0.2, 0.25) is 0 Å². The lowest BCUT2D eigenvalue weighted by Gasteiger charge is -2.56. The molecule has 23 heavy (non-hydrogen) atoms. The van der Waals surface area contributed by atoms with Crippen molar-refractivity contribution in [3.05, 3.63) is 23.8 Å². The largest absolute Gasteiger partial charge is 0.392 e. The summed E-state index contributed by atoms with van der Waals surface area (Å²) >= 11 is 0. The Kier molecular flexibility index (Phi) is 3.21. The van der Waals surface area contributed by atoms with Crippen molar-refractivity contribution in [3.8, 4) is 0 Å². The second-order valence-electron chi connectivity index (χ2n) is 8.76. The number of rotatable bonds is 0. The summed E-state index contributed by atoms with van der Waals surface area (Å²) in [5, 5.41) is 20.8. The van der Waals surface area contributed by atoms with Crippen LogP contribution in [0, 0.1) is 28.6 Å². The highest BCUT2D eigenvalue weighted by molar-refractivity contribution is 5.36. The lowest BCUT2D eigenvalue weighted by molar-refractivity contribution is -0.0640. The van der Waals surface area contributed by atoms with E-state index in [9.17, 15) is 14.6 Å². The van der Waals surface area contributed by atoms with Gasteiger partial charge in [-0.05, 0) is 43.9 Å². The molecule has 4 unspecified atom stereocenters. The van der Waals surface area contributed by atoms with Crippen molar-refractivity contribution in [2.45, 2.75) is 64.0 Å². The standard InChI is InChI=1S/C19H28FNO2/c1-17-6-3-12(22)9-11(17)10-15(23)16-13(17)4-7-18(2)14(16)5-8-19(18,20)21/h3-4,6,11-12,14-16,22-23H,5,7-10,21H2,1-2H3/t11?,12?,14-,15?,16+,17-,18-,19?/m0/s1. The fourth-order valence-electron chi connectivity index (χ4n) is 6.08. The van der Waals surface area contributed by atoms with Crippen molar-refractivity contribution in [2.24, 2.45) is 34.3 Å². The quantitative estimate of drug-likeness (QED) is 0.475. The molecule has 0 saturated heterocycles. The van der Waals surface area contributed by atoms with Gasteiger partial charge in [0.1, 0.15) is 0 Å². The summed E-state index contributed by atoms with van der Waals surface area (Å²) < 4.78 is 14.9. The first-order valence-electron chi connectivity index (χ1n) is 8.93. The molecule has 128 valence electrons. The Labute approximate surface area is 137 Å². The maximum absolute atomic E-state index is 14.9. The smallest absolute Gasteiger partial charge is 0.165 e. The predicted octanol–water partition coefficient (Wildman–Crippen LogP) is 2.68. The Bertz CT molecular complexity index is 586. The van der Waals surface area contributed by atoms with Crippen LogP contribution in [-0.2, 0) is 0 Å². The number of fused-ring (bicyclic) bond motifs is 5. The van der Waals surface area contributed by atoms with E-state index in [2.05, 4.69) is 19.1 Å². The Hall–Kier alpha value is -0.710. The number of aliphatic hydroxyl groups is 2. The minimum Gasteiger partial charge on any atom is -0.392 e. The van der Waals surface area contributed by atoms with E-state index in [-0.39, 0.29) is 23.2 Å². The van der Waals surface area contributed by atoms with Gasteiger partial charge in [-0.3, -0.25) is 5.73 Å². The van der Waals surface area contributed by atoms with Crippen molar-refractivity contribution in [1.82, 2.24) is 0 Å². The molecule has 0 aliphatic heterocycles. The van der Waals surface area contributed by atoms with Gasteiger partial charge < -0.3 is 10.2 Å². The van der Waals surface area contributed by atoms with Crippen molar-refractivity contribution >= 4 is 0 Å². The molecule has 0 amide bonds. The van der Waals surface area contributed by atoms with Crippen molar-refractivity contribution in [2.75, 3.05) is 0 Å². The van der Waals surface area contributed by atoms with Crippen LogP contribution in [0.3, 0.4) is 0 Å². The highest BCUT2D eigenvalue weighted by atomic mass is 19.1. The van der Waals surface area contributed by atoms with Gasteiger partial charge in [-0.1, -0.05) is 37.6 Å². The maximum Gasteiger partial charge on any atom is 0.165 e. The van der Waals surface area contributed by atoms with E-state index in [0.717, 1.165) is 6.42 Å². The number of nitrogens with two attached hydrogens (primary N) is 1. The van der Waals surface area contributed by atoms with Crippen LogP contribution < -0.4 is 5.73 Å². The molecule has 4 heteroatoms. The lowest BCUT2D eigenvalue weighted by Crippen LogP contribution is -2.56. The Balaban J connectivity index is 1.80. The average Bonchev–Trinajstić information content (AvgIpc) is 2.72. The van der Waals surface area contributed by atoms with Gasteiger partial charge in [0, 0.05) is 16.7 Å². The van der Waals surface area contributed by atoms with Crippen LogP contribution in [0.15, 0.2) is 23.8 Å². The number of allylic oxidation sites excluding steroid dienone is 2. The van der Waals surface area contributed by atoms with E-state index < -0.39 is 23.4 Å². The first-order valence-corrected chi connectivity index (χ1v) is 8.93. The van der Waals surface area contributed by atoms with E-state index in [4.69, 9.17) is 5.73 Å². The van der Waals surface area contributed by atoms with Gasteiger partial charge in [0.25, 0.3) is 0 Å². The number of aliphatic hydroxyl groups excluding tert-OH is 2. The van der Waals surface area contributed by atoms with E-state index in [1.54, 1.807) is 0 Å². The second-order valence-corrected chi connectivity index (χ2v) is 8.76. The summed E-state index contributed by atoms with van der Waals surface area (Å²) in [6.07, 6.45) is 8.43. The zero-order chi connectivity index (χ0) is 16.6. The molecular formula is C19H28FNO2. The van der Waals surface area contributed by atoms with Gasteiger partial charge in [-0.25, -0.2) is 4.39 Å². The molecule has 0 spiro atoms. The van der Waals surface area contributed by atoms with Crippen molar-refractivity contribution in [1.29, 1.82) is 0 Å². The predicted molar refractivity (Wildman–Crippen MR) is 87.0 cm³/mol. The molecule has 0 radical (unpaired) electrons. The van der Waals surface area contributed by atoms with Crippen LogP contribution >= 0.6 is 0 Å². The Morgan fingerprint density at radius 1 is 1.26 bits per heavy atom. The molecule has 4 aliphatic rings. The molecular weight excluding hydrogens is 293 g/mol. The number of hydrogen-bond donors (Lipinski definition) is 3. The van der Waals surface area contributed by atoms with Crippen LogP contribution in [0.2, 0.25) is 0 Å². The second kappa shape index (κ2) is 4.68.